The first-order chi connectivity index (χ1) is 12.4. The first-order valence-electron chi connectivity index (χ1n) is 8.72. The molecule has 0 saturated heterocycles. The fourth-order valence-corrected chi connectivity index (χ4v) is 2.27. The Labute approximate surface area is 161 Å². The molecular formula is C21H27N3O3. The summed E-state index contributed by atoms with van der Waals surface area (Å²) >= 11 is 0. The number of carbonyl (C=O) groups excluding carboxylic acids is 1. The second-order valence-corrected chi connectivity index (χ2v) is 8.07. The lowest BCUT2D eigenvalue weighted by molar-refractivity contribution is 0.0285. The molecule has 0 fully saturated rings. The van der Waals surface area contributed by atoms with Gasteiger partial charge < -0.3 is 14.8 Å². The van der Waals surface area contributed by atoms with Crippen LogP contribution in [0.5, 0.6) is 0 Å². The summed E-state index contributed by atoms with van der Waals surface area (Å²) in [5.41, 5.74) is -0.590. The van der Waals surface area contributed by atoms with E-state index in [1.165, 1.54) is 0 Å². The molecule has 6 nitrogen and oxygen atoms in total. The van der Waals surface area contributed by atoms with Gasteiger partial charge in [0.1, 0.15) is 29.1 Å². The minimum Gasteiger partial charge on any atom is -0.488 e. The maximum atomic E-state index is 12.4. The van der Waals surface area contributed by atoms with Gasteiger partial charge in [-0.2, -0.15) is 10.5 Å². The number of benzene rings is 1. The van der Waals surface area contributed by atoms with Gasteiger partial charge in [-0.25, -0.2) is 4.79 Å². The summed E-state index contributed by atoms with van der Waals surface area (Å²) in [5.74, 6) is 0.127. The second-order valence-electron chi connectivity index (χ2n) is 8.07. The van der Waals surface area contributed by atoms with Crippen molar-refractivity contribution < 1.29 is 14.3 Å². The van der Waals surface area contributed by atoms with Crippen molar-refractivity contribution in [1.29, 1.82) is 10.5 Å². The van der Waals surface area contributed by atoms with E-state index in [0.29, 0.717) is 6.42 Å². The molecule has 0 bridgehead atoms. The zero-order valence-corrected chi connectivity index (χ0v) is 16.8. The molecule has 0 spiro atoms. The Morgan fingerprint density at radius 2 is 1.52 bits per heavy atom. The van der Waals surface area contributed by atoms with Gasteiger partial charge in [-0.1, -0.05) is 30.3 Å². The van der Waals surface area contributed by atoms with Gasteiger partial charge in [0.2, 0.25) is 0 Å². The van der Waals surface area contributed by atoms with Gasteiger partial charge in [-0.3, -0.25) is 0 Å². The summed E-state index contributed by atoms with van der Waals surface area (Å²) in [4.78, 5) is 12.4. The van der Waals surface area contributed by atoms with Crippen LogP contribution < -0.4 is 5.32 Å². The number of allylic oxidation sites excluding steroid dienone is 1. The highest BCUT2D eigenvalue weighted by Crippen LogP contribution is 2.22. The lowest BCUT2D eigenvalue weighted by Gasteiger charge is -2.30. The van der Waals surface area contributed by atoms with E-state index < -0.39 is 23.3 Å². The number of carbonyl (C=O) groups is 1. The Bertz CT molecular complexity index is 741. The fraction of sp³-hybridized carbons (Fsp3) is 0.476. The zero-order chi connectivity index (χ0) is 20.7. The van der Waals surface area contributed by atoms with E-state index in [1.54, 1.807) is 20.8 Å². The van der Waals surface area contributed by atoms with E-state index in [4.69, 9.17) is 9.47 Å². The highest BCUT2D eigenvalue weighted by atomic mass is 16.6. The van der Waals surface area contributed by atoms with Crippen LogP contribution in [0.1, 0.15) is 47.1 Å². The highest BCUT2D eigenvalue weighted by Gasteiger charge is 2.29. The molecule has 0 aliphatic heterocycles. The molecule has 1 atom stereocenters. The van der Waals surface area contributed by atoms with Crippen LogP contribution >= 0.6 is 0 Å². The summed E-state index contributed by atoms with van der Waals surface area (Å²) in [5, 5.41) is 21.5. The summed E-state index contributed by atoms with van der Waals surface area (Å²) < 4.78 is 11.3. The highest BCUT2D eigenvalue weighted by molar-refractivity contribution is 5.69. The molecular weight excluding hydrogens is 342 g/mol. The molecule has 0 unspecified atom stereocenters. The van der Waals surface area contributed by atoms with Crippen LogP contribution in [-0.2, 0) is 15.9 Å². The maximum absolute atomic E-state index is 12.4. The van der Waals surface area contributed by atoms with Gasteiger partial charge in [-0.05, 0) is 47.1 Å². The molecule has 1 N–H and O–H groups in total. The van der Waals surface area contributed by atoms with Gasteiger partial charge in [0.05, 0.1) is 6.04 Å². The SMILES string of the molecule is CC(C)(C)OC(=O)N[C@@H](Cc1ccccc1)C(OC(C)(C)C)=C(C#N)C#N. The first kappa shape index (κ1) is 22.1. The van der Waals surface area contributed by atoms with E-state index in [9.17, 15) is 15.3 Å². The number of ether oxygens (including phenoxy) is 2. The van der Waals surface area contributed by atoms with Crippen molar-refractivity contribution in [2.24, 2.45) is 0 Å². The van der Waals surface area contributed by atoms with Crippen LogP contribution in [0.2, 0.25) is 0 Å². The second kappa shape index (κ2) is 9.09. The molecule has 1 aromatic rings. The third kappa shape index (κ3) is 8.29. The Morgan fingerprint density at radius 3 is 1.96 bits per heavy atom. The standard InChI is InChI=1S/C21H27N3O3/c1-20(2,3)26-18(16(13-22)14-23)17(12-15-10-8-7-9-11-15)24-19(25)27-21(4,5)6/h7-11,17H,12H2,1-6H3,(H,24,25)/t17-/m0/s1. The average molecular weight is 369 g/mol. The number of hydrogen-bond donors (Lipinski definition) is 1. The summed E-state index contributed by atoms with van der Waals surface area (Å²) in [6, 6.07) is 12.4. The molecule has 1 aromatic carbocycles. The van der Waals surface area contributed by atoms with E-state index in [-0.39, 0.29) is 11.3 Å². The Morgan fingerprint density at radius 1 is 1.00 bits per heavy atom. The van der Waals surface area contributed by atoms with Crippen molar-refractivity contribution in [2.75, 3.05) is 0 Å². The van der Waals surface area contributed by atoms with Crippen molar-refractivity contribution in [3.8, 4) is 12.1 Å². The maximum Gasteiger partial charge on any atom is 0.408 e. The summed E-state index contributed by atoms with van der Waals surface area (Å²) in [6.45, 7) is 10.7. The van der Waals surface area contributed by atoms with Crippen molar-refractivity contribution in [3.63, 3.8) is 0 Å². The number of rotatable bonds is 5. The van der Waals surface area contributed by atoms with Crippen LogP contribution in [0.25, 0.3) is 0 Å². The number of nitrogens with one attached hydrogen (secondary N) is 1. The summed E-state index contributed by atoms with van der Waals surface area (Å²) in [6.07, 6.45) is -0.299. The minimum atomic E-state index is -0.726. The number of nitrogens with zero attached hydrogens (tertiary/aromatic N) is 2. The largest absolute Gasteiger partial charge is 0.488 e. The van der Waals surface area contributed by atoms with Gasteiger partial charge in [0.25, 0.3) is 0 Å². The van der Waals surface area contributed by atoms with Crippen LogP contribution in [0.15, 0.2) is 41.7 Å². The third-order valence-corrected chi connectivity index (χ3v) is 3.18. The number of amides is 1. The Balaban J connectivity index is 3.30. The van der Waals surface area contributed by atoms with Crippen molar-refractivity contribution in [2.45, 2.75) is 65.2 Å². The number of nitriles is 2. The summed E-state index contributed by atoms with van der Waals surface area (Å²) in [7, 11) is 0. The van der Waals surface area contributed by atoms with Gasteiger partial charge in [-0.15, -0.1) is 0 Å². The van der Waals surface area contributed by atoms with E-state index >= 15 is 0 Å². The Kier molecular flexibility index (Phi) is 7.43. The van der Waals surface area contributed by atoms with Crippen molar-refractivity contribution in [1.82, 2.24) is 5.32 Å². The topological polar surface area (TPSA) is 95.1 Å². The molecule has 0 radical (unpaired) electrons. The monoisotopic (exact) mass is 369 g/mol. The molecule has 0 aliphatic carbocycles. The third-order valence-electron chi connectivity index (χ3n) is 3.18. The van der Waals surface area contributed by atoms with Gasteiger partial charge in [0, 0.05) is 6.42 Å². The number of hydrogen-bond acceptors (Lipinski definition) is 5. The molecule has 0 heterocycles. The number of alkyl carbamates (subject to hydrolysis) is 1. The predicted octanol–water partition coefficient (Wildman–Crippen LogP) is 4.24. The van der Waals surface area contributed by atoms with Crippen LogP contribution in [-0.4, -0.2) is 23.3 Å². The van der Waals surface area contributed by atoms with E-state index in [0.717, 1.165) is 5.56 Å². The normalized spacial score (nSPS) is 12.1. The van der Waals surface area contributed by atoms with Gasteiger partial charge in [0.15, 0.2) is 5.57 Å². The average Bonchev–Trinajstić information content (AvgIpc) is 2.52. The molecule has 27 heavy (non-hydrogen) atoms. The first-order valence-corrected chi connectivity index (χ1v) is 8.72. The van der Waals surface area contributed by atoms with Crippen LogP contribution in [0, 0.1) is 22.7 Å². The molecule has 1 rings (SSSR count). The molecule has 0 aliphatic rings. The van der Waals surface area contributed by atoms with E-state index in [2.05, 4.69) is 5.32 Å². The Hall–Kier alpha value is -2.99. The smallest absolute Gasteiger partial charge is 0.408 e. The van der Waals surface area contributed by atoms with Crippen LogP contribution in [0.3, 0.4) is 0 Å². The van der Waals surface area contributed by atoms with E-state index in [1.807, 2.05) is 63.2 Å². The lowest BCUT2D eigenvalue weighted by atomic mass is 10.0. The molecule has 6 heteroatoms. The molecule has 0 saturated carbocycles. The minimum absolute atomic E-state index is 0.127. The van der Waals surface area contributed by atoms with Crippen molar-refractivity contribution in [3.05, 3.63) is 47.2 Å². The van der Waals surface area contributed by atoms with Crippen molar-refractivity contribution >= 4 is 6.09 Å². The quantitative estimate of drug-likeness (QED) is 0.619. The zero-order valence-electron chi connectivity index (χ0n) is 16.8. The van der Waals surface area contributed by atoms with Crippen LogP contribution in [0.4, 0.5) is 4.79 Å². The molecule has 0 aromatic heterocycles. The molecule has 144 valence electrons. The molecule has 1 amide bonds. The van der Waals surface area contributed by atoms with Gasteiger partial charge >= 0.3 is 6.09 Å². The fourth-order valence-electron chi connectivity index (χ4n) is 2.27. The lowest BCUT2D eigenvalue weighted by Crippen LogP contribution is -2.43. The predicted molar refractivity (Wildman–Crippen MR) is 102 cm³/mol.